The summed E-state index contributed by atoms with van der Waals surface area (Å²) in [6.45, 7) is -0.893. The second-order valence-electron chi connectivity index (χ2n) is 1.61. The van der Waals surface area contributed by atoms with Crippen LogP contribution in [0.4, 0.5) is 4.79 Å². The number of hydrogen-bond donors (Lipinski definition) is 3. The summed E-state index contributed by atoms with van der Waals surface area (Å²) in [7, 11) is 0. The minimum absolute atomic E-state index is 0.133. The van der Waals surface area contributed by atoms with Gasteiger partial charge in [-0.2, -0.15) is 0 Å². The Kier molecular flexibility index (Phi) is 4.83. The standard InChI is InChI=1S/C5H9NO5/c7-1-2-11-5(10)6-3-4(8)9/h7H,1-3H2,(H,6,10)(H,8,9). The first-order valence-corrected chi connectivity index (χ1v) is 2.90. The summed E-state index contributed by atoms with van der Waals surface area (Å²) in [5.41, 5.74) is 0. The lowest BCUT2D eigenvalue weighted by Crippen LogP contribution is -2.30. The largest absolute Gasteiger partial charge is 0.480 e. The highest BCUT2D eigenvalue weighted by Gasteiger charge is 2.02. The minimum Gasteiger partial charge on any atom is -0.480 e. The molecule has 0 aliphatic rings. The van der Waals surface area contributed by atoms with Crippen LogP contribution in [0.5, 0.6) is 0 Å². The van der Waals surface area contributed by atoms with E-state index in [1.165, 1.54) is 0 Å². The van der Waals surface area contributed by atoms with E-state index in [1.807, 2.05) is 5.32 Å². The highest BCUT2D eigenvalue weighted by molar-refractivity contribution is 5.76. The summed E-state index contributed by atoms with van der Waals surface area (Å²) in [5.74, 6) is -1.15. The molecule has 0 radical (unpaired) electrons. The predicted octanol–water partition coefficient (Wildman–Crippen LogP) is -1.21. The quantitative estimate of drug-likeness (QED) is 0.483. The molecular formula is C5H9NO5. The molecule has 0 aliphatic carbocycles. The summed E-state index contributed by atoms with van der Waals surface area (Å²) in [4.78, 5) is 20.3. The molecule has 0 aliphatic heterocycles. The summed E-state index contributed by atoms with van der Waals surface area (Å²) in [6.07, 6.45) is -0.846. The molecule has 6 nitrogen and oxygen atoms in total. The zero-order valence-corrected chi connectivity index (χ0v) is 5.74. The van der Waals surface area contributed by atoms with Crippen molar-refractivity contribution in [2.24, 2.45) is 0 Å². The number of carbonyl (C=O) groups is 2. The Balaban J connectivity index is 3.30. The number of hydrogen-bond acceptors (Lipinski definition) is 4. The summed E-state index contributed by atoms with van der Waals surface area (Å²) in [5, 5.41) is 18.2. The van der Waals surface area contributed by atoms with Crippen molar-refractivity contribution >= 4 is 12.1 Å². The van der Waals surface area contributed by atoms with E-state index in [4.69, 9.17) is 10.2 Å². The number of aliphatic carboxylic acids is 1. The van der Waals surface area contributed by atoms with Gasteiger partial charge in [0.15, 0.2) is 0 Å². The Labute approximate surface area is 62.8 Å². The normalized spacial score (nSPS) is 8.82. The molecule has 0 rings (SSSR count). The molecule has 0 saturated carbocycles. The number of alkyl carbamates (subject to hydrolysis) is 1. The van der Waals surface area contributed by atoms with Crippen LogP contribution in [0.2, 0.25) is 0 Å². The lowest BCUT2D eigenvalue weighted by atomic mass is 10.7. The van der Waals surface area contributed by atoms with Gasteiger partial charge in [-0.1, -0.05) is 0 Å². The smallest absolute Gasteiger partial charge is 0.407 e. The van der Waals surface area contributed by atoms with Crippen molar-refractivity contribution in [3.05, 3.63) is 0 Å². The van der Waals surface area contributed by atoms with Gasteiger partial charge in [0, 0.05) is 0 Å². The fourth-order valence-corrected chi connectivity index (χ4v) is 0.337. The van der Waals surface area contributed by atoms with Crippen LogP contribution in [-0.2, 0) is 9.53 Å². The Bertz CT molecular complexity index is 146. The topological polar surface area (TPSA) is 95.9 Å². The SMILES string of the molecule is O=C(O)CNC(=O)OCCO. The number of carboxylic acids is 1. The van der Waals surface area contributed by atoms with E-state index in [-0.39, 0.29) is 13.2 Å². The number of amides is 1. The predicted molar refractivity (Wildman–Crippen MR) is 34.1 cm³/mol. The van der Waals surface area contributed by atoms with Gasteiger partial charge in [0.05, 0.1) is 6.61 Å². The van der Waals surface area contributed by atoms with Gasteiger partial charge in [-0.25, -0.2) is 4.79 Å². The molecule has 0 aromatic rings. The summed E-state index contributed by atoms with van der Waals surface area (Å²) >= 11 is 0. The zero-order chi connectivity index (χ0) is 8.69. The van der Waals surface area contributed by atoms with Crippen molar-refractivity contribution in [1.82, 2.24) is 5.32 Å². The Morgan fingerprint density at radius 1 is 1.45 bits per heavy atom. The number of aliphatic hydroxyl groups is 1. The molecule has 0 bridgehead atoms. The van der Waals surface area contributed by atoms with Crippen molar-refractivity contribution < 1.29 is 24.5 Å². The van der Waals surface area contributed by atoms with Crippen molar-refractivity contribution in [3.8, 4) is 0 Å². The summed E-state index contributed by atoms with van der Waals surface area (Å²) < 4.78 is 4.28. The van der Waals surface area contributed by atoms with Gasteiger partial charge in [0.1, 0.15) is 13.2 Å². The maximum atomic E-state index is 10.4. The summed E-state index contributed by atoms with van der Waals surface area (Å²) in [6, 6.07) is 0. The van der Waals surface area contributed by atoms with E-state index in [2.05, 4.69) is 4.74 Å². The molecular weight excluding hydrogens is 154 g/mol. The van der Waals surface area contributed by atoms with Crippen LogP contribution < -0.4 is 5.32 Å². The molecule has 0 unspecified atom stereocenters. The van der Waals surface area contributed by atoms with Gasteiger partial charge in [0.2, 0.25) is 0 Å². The number of carboxylic acid groups (broad SMARTS) is 1. The number of carbonyl (C=O) groups excluding carboxylic acids is 1. The maximum Gasteiger partial charge on any atom is 0.407 e. The van der Waals surface area contributed by atoms with Crippen molar-refractivity contribution in [1.29, 1.82) is 0 Å². The minimum atomic E-state index is -1.15. The molecule has 3 N–H and O–H groups in total. The van der Waals surface area contributed by atoms with Gasteiger partial charge in [0.25, 0.3) is 0 Å². The third kappa shape index (κ3) is 6.59. The van der Waals surface area contributed by atoms with Crippen LogP contribution in [0, 0.1) is 0 Å². The third-order valence-electron chi connectivity index (χ3n) is 0.708. The number of aliphatic hydroxyl groups excluding tert-OH is 1. The van der Waals surface area contributed by atoms with Crippen molar-refractivity contribution in [2.45, 2.75) is 0 Å². The second-order valence-corrected chi connectivity index (χ2v) is 1.61. The van der Waals surface area contributed by atoms with E-state index >= 15 is 0 Å². The lowest BCUT2D eigenvalue weighted by Gasteiger charge is -2.01. The molecule has 6 heteroatoms. The molecule has 11 heavy (non-hydrogen) atoms. The van der Waals surface area contributed by atoms with Crippen LogP contribution in [0.1, 0.15) is 0 Å². The highest BCUT2D eigenvalue weighted by Crippen LogP contribution is 1.75. The average Bonchev–Trinajstić information content (AvgIpc) is 1.97. The average molecular weight is 163 g/mol. The molecule has 0 aromatic carbocycles. The third-order valence-corrected chi connectivity index (χ3v) is 0.708. The maximum absolute atomic E-state index is 10.4. The van der Waals surface area contributed by atoms with Gasteiger partial charge in [-0.3, -0.25) is 4.79 Å². The van der Waals surface area contributed by atoms with Crippen molar-refractivity contribution in [3.63, 3.8) is 0 Å². The van der Waals surface area contributed by atoms with Gasteiger partial charge in [-0.15, -0.1) is 0 Å². The van der Waals surface area contributed by atoms with Gasteiger partial charge >= 0.3 is 12.1 Å². The molecule has 1 amide bonds. The van der Waals surface area contributed by atoms with E-state index in [9.17, 15) is 9.59 Å². The number of ether oxygens (including phenoxy) is 1. The van der Waals surface area contributed by atoms with Crippen LogP contribution in [0.15, 0.2) is 0 Å². The highest BCUT2D eigenvalue weighted by atomic mass is 16.6. The first-order valence-electron chi connectivity index (χ1n) is 2.90. The molecule has 0 spiro atoms. The van der Waals surface area contributed by atoms with Crippen LogP contribution in [-0.4, -0.2) is 42.0 Å². The van der Waals surface area contributed by atoms with E-state index in [1.54, 1.807) is 0 Å². The lowest BCUT2D eigenvalue weighted by molar-refractivity contribution is -0.135. The Hall–Kier alpha value is -1.30. The fraction of sp³-hybridized carbons (Fsp3) is 0.600. The van der Waals surface area contributed by atoms with Gasteiger partial charge in [-0.05, 0) is 0 Å². The molecule has 0 fully saturated rings. The van der Waals surface area contributed by atoms with Gasteiger partial charge < -0.3 is 20.3 Å². The first kappa shape index (κ1) is 9.70. The molecule has 0 atom stereocenters. The van der Waals surface area contributed by atoms with E-state index < -0.39 is 18.6 Å². The molecule has 0 heterocycles. The van der Waals surface area contributed by atoms with E-state index in [0.29, 0.717) is 0 Å². The number of rotatable bonds is 4. The van der Waals surface area contributed by atoms with E-state index in [0.717, 1.165) is 0 Å². The number of nitrogens with one attached hydrogen (secondary N) is 1. The Morgan fingerprint density at radius 2 is 2.09 bits per heavy atom. The van der Waals surface area contributed by atoms with Crippen LogP contribution in [0.25, 0.3) is 0 Å². The monoisotopic (exact) mass is 163 g/mol. The molecule has 64 valence electrons. The first-order chi connectivity index (χ1) is 5.16. The van der Waals surface area contributed by atoms with Crippen molar-refractivity contribution in [2.75, 3.05) is 19.8 Å². The fourth-order valence-electron chi connectivity index (χ4n) is 0.337. The second kappa shape index (κ2) is 5.48. The molecule has 0 aromatic heterocycles. The molecule has 0 saturated heterocycles. The Morgan fingerprint density at radius 3 is 2.55 bits per heavy atom. The zero-order valence-electron chi connectivity index (χ0n) is 5.74. The van der Waals surface area contributed by atoms with Crippen LogP contribution in [0.3, 0.4) is 0 Å². The van der Waals surface area contributed by atoms with Crippen LogP contribution >= 0.6 is 0 Å².